The second kappa shape index (κ2) is 7.34. The first-order valence-corrected chi connectivity index (χ1v) is 4.93. The van der Waals surface area contributed by atoms with Crippen molar-refractivity contribution in [2.45, 2.75) is 45.6 Å². The predicted octanol–water partition coefficient (Wildman–Crippen LogP) is 1.92. The fraction of sp³-hybridized carbons (Fsp3) is 0.800. The minimum Gasteiger partial charge on any atom is -0.410 e. The van der Waals surface area contributed by atoms with Crippen molar-refractivity contribution in [3.8, 4) is 6.07 Å². The largest absolute Gasteiger partial charge is 0.410 e. The quantitative estimate of drug-likeness (QED) is 0.389. The number of hydrogen-bond acceptors (Lipinski definition) is 4. The van der Waals surface area contributed by atoms with E-state index < -0.39 is 0 Å². The van der Waals surface area contributed by atoms with Crippen molar-refractivity contribution >= 4 is 5.71 Å². The Morgan fingerprint density at radius 3 is 2.57 bits per heavy atom. The molecule has 4 nitrogen and oxygen atoms in total. The second-order valence-corrected chi connectivity index (χ2v) is 3.61. The molecule has 2 atom stereocenters. The van der Waals surface area contributed by atoms with Crippen LogP contribution in [0.25, 0.3) is 0 Å². The maximum absolute atomic E-state index is 9.31. The molecule has 0 aliphatic heterocycles. The molecule has 2 unspecified atom stereocenters. The number of nitriles is 1. The van der Waals surface area contributed by atoms with Gasteiger partial charge in [-0.25, -0.2) is 0 Å². The van der Waals surface area contributed by atoms with Gasteiger partial charge in [-0.2, -0.15) is 5.26 Å². The average Bonchev–Trinajstić information content (AvgIpc) is 2.22. The van der Waals surface area contributed by atoms with Crippen LogP contribution in [0.5, 0.6) is 0 Å². The Morgan fingerprint density at radius 2 is 2.14 bits per heavy atom. The Kier molecular flexibility index (Phi) is 6.77. The van der Waals surface area contributed by atoms with E-state index >= 15 is 0 Å². The minimum atomic E-state index is -0.256. The maximum Gasteiger partial charge on any atom is 0.157 e. The fourth-order valence-electron chi connectivity index (χ4n) is 1.22. The molecule has 0 heterocycles. The van der Waals surface area contributed by atoms with Gasteiger partial charge in [0.15, 0.2) is 5.71 Å². The average molecular weight is 198 g/mol. The molecule has 0 radical (unpaired) electrons. The SMILES string of the molecule is CCC(O)CCC(C)C/C(C#N)=N\O. The van der Waals surface area contributed by atoms with Gasteiger partial charge in [-0.3, -0.25) is 0 Å². The van der Waals surface area contributed by atoms with Crippen molar-refractivity contribution in [3.63, 3.8) is 0 Å². The molecule has 0 bridgehead atoms. The van der Waals surface area contributed by atoms with Crippen LogP contribution in [0, 0.1) is 17.2 Å². The summed E-state index contributed by atoms with van der Waals surface area (Å²) in [5.74, 6) is 0.266. The van der Waals surface area contributed by atoms with E-state index in [2.05, 4.69) is 5.16 Å². The van der Waals surface area contributed by atoms with Crippen LogP contribution in [0.3, 0.4) is 0 Å². The summed E-state index contributed by atoms with van der Waals surface area (Å²) >= 11 is 0. The molecule has 0 aliphatic carbocycles. The third-order valence-electron chi connectivity index (χ3n) is 2.26. The summed E-state index contributed by atoms with van der Waals surface area (Å²) in [6.45, 7) is 3.91. The number of hydrogen-bond donors (Lipinski definition) is 2. The third kappa shape index (κ3) is 5.55. The van der Waals surface area contributed by atoms with E-state index in [4.69, 9.17) is 10.5 Å². The zero-order valence-electron chi connectivity index (χ0n) is 8.77. The summed E-state index contributed by atoms with van der Waals surface area (Å²) in [6.07, 6.45) is 2.56. The smallest absolute Gasteiger partial charge is 0.157 e. The lowest BCUT2D eigenvalue weighted by Crippen LogP contribution is -2.09. The highest BCUT2D eigenvalue weighted by Gasteiger charge is 2.09. The predicted molar refractivity (Wildman–Crippen MR) is 54.1 cm³/mol. The summed E-state index contributed by atoms with van der Waals surface area (Å²) in [5.41, 5.74) is 0.156. The Labute approximate surface area is 84.9 Å². The first-order chi connectivity index (χ1) is 6.63. The van der Waals surface area contributed by atoms with Gasteiger partial charge in [0, 0.05) is 6.42 Å². The van der Waals surface area contributed by atoms with Crippen LogP contribution in [0.2, 0.25) is 0 Å². The fourth-order valence-corrected chi connectivity index (χ4v) is 1.22. The van der Waals surface area contributed by atoms with E-state index in [9.17, 15) is 5.11 Å². The van der Waals surface area contributed by atoms with Crippen LogP contribution in [-0.4, -0.2) is 22.1 Å². The van der Waals surface area contributed by atoms with E-state index in [0.29, 0.717) is 6.42 Å². The summed E-state index contributed by atoms with van der Waals surface area (Å²) in [6, 6.07) is 1.82. The van der Waals surface area contributed by atoms with Crippen LogP contribution in [0.15, 0.2) is 5.16 Å². The Morgan fingerprint density at radius 1 is 1.50 bits per heavy atom. The maximum atomic E-state index is 9.31. The Hall–Kier alpha value is -1.08. The lowest BCUT2D eigenvalue weighted by molar-refractivity contribution is 0.152. The molecule has 0 aromatic heterocycles. The van der Waals surface area contributed by atoms with Gasteiger partial charge in [0.1, 0.15) is 6.07 Å². The molecule has 0 amide bonds. The molecule has 80 valence electrons. The van der Waals surface area contributed by atoms with Gasteiger partial charge in [-0.15, -0.1) is 0 Å². The highest BCUT2D eigenvalue weighted by atomic mass is 16.4. The van der Waals surface area contributed by atoms with Crippen molar-refractivity contribution in [2.75, 3.05) is 0 Å². The lowest BCUT2D eigenvalue weighted by atomic mass is 9.97. The van der Waals surface area contributed by atoms with E-state index in [1.807, 2.05) is 19.9 Å². The van der Waals surface area contributed by atoms with E-state index in [1.54, 1.807) is 0 Å². The summed E-state index contributed by atoms with van der Waals surface area (Å²) in [5, 5.41) is 29.1. The molecule has 0 saturated heterocycles. The number of aliphatic hydroxyl groups excluding tert-OH is 1. The summed E-state index contributed by atoms with van der Waals surface area (Å²) in [7, 11) is 0. The lowest BCUT2D eigenvalue weighted by Gasteiger charge is -2.12. The molecule has 0 saturated carbocycles. The number of aliphatic hydroxyl groups is 1. The van der Waals surface area contributed by atoms with Gasteiger partial charge < -0.3 is 10.3 Å². The van der Waals surface area contributed by atoms with Crippen LogP contribution in [0.1, 0.15) is 39.5 Å². The van der Waals surface area contributed by atoms with Crippen molar-refractivity contribution in [3.05, 3.63) is 0 Å². The van der Waals surface area contributed by atoms with Crippen LogP contribution < -0.4 is 0 Å². The van der Waals surface area contributed by atoms with Gasteiger partial charge in [0.25, 0.3) is 0 Å². The number of rotatable bonds is 6. The molecule has 0 spiro atoms. The van der Waals surface area contributed by atoms with E-state index in [1.165, 1.54) is 0 Å². The highest BCUT2D eigenvalue weighted by molar-refractivity contribution is 5.98. The zero-order valence-corrected chi connectivity index (χ0v) is 8.77. The number of nitrogens with zero attached hydrogens (tertiary/aromatic N) is 2. The van der Waals surface area contributed by atoms with Gasteiger partial charge in [0.05, 0.1) is 6.10 Å². The van der Waals surface area contributed by atoms with Crippen molar-refractivity contribution < 1.29 is 10.3 Å². The van der Waals surface area contributed by atoms with Gasteiger partial charge in [-0.1, -0.05) is 19.0 Å². The zero-order chi connectivity index (χ0) is 11.0. The molecular formula is C10H18N2O2. The van der Waals surface area contributed by atoms with E-state index in [0.717, 1.165) is 19.3 Å². The number of oxime groups is 1. The van der Waals surface area contributed by atoms with Gasteiger partial charge >= 0.3 is 0 Å². The van der Waals surface area contributed by atoms with E-state index in [-0.39, 0.29) is 17.7 Å². The Balaban J connectivity index is 3.76. The van der Waals surface area contributed by atoms with Crippen molar-refractivity contribution in [2.24, 2.45) is 11.1 Å². The Bertz CT molecular complexity index is 221. The standard InChI is InChI=1S/C10H18N2O2/c1-3-10(13)5-4-8(2)6-9(7-11)12-14/h8,10,13-14H,3-6H2,1-2H3/b12-9+. The van der Waals surface area contributed by atoms with Gasteiger partial charge in [0.2, 0.25) is 0 Å². The third-order valence-corrected chi connectivity index (χ3v) is 2.26. The second-order valence-electron chi connectivity index (χ2n) is 3.61. The molecule has 2 N–H and O–H groups in total. The van der Waals surface area contributed by atoms with Crippen LogP contribution >= 0.6 is 0 Å². The first-order valence-electron chi connectivity index (χ1n) is 4.93. The molecule has 0 aromatic rings. The molecule has 0 aliphatic rings. The molecular weight excluding hydrogens is 180 g/mol. The minimum absolute atomic E-state index is 0.156. The van der Waals surface area contributed by atoms with Crippen molar-refractivity contribution in [1.29, 1.82) is 5.26 Å². The highest BCUT2D eigenvalue weighted by Crippen LogP contribution is 2.13. The topological polar surface area (TPSA) is 76.6 Å². The summed E-state index contributed by atoms with van der Waals surface area (Å²) < 4.78 is 0. The molecule has 0 fully saturated rings. The molecule has 14 heavy (non-hydrogen) atoms. The normalized spacial score (nSPS) is 16.0. The first kappa shape index (κ1) is 12.9. The van der Waals surface area contributed by atoms with Crippen LogP contribution in [-0.2, 0) is 0 Å². The molecule has 0 aromatic carbocycles. The monoisotopic (exact) mass is 198 g/mol. The van der Waals surface area contributed by atoms with Gasteiger partial charge in [-0.05, 0) is 25.2 Å². The molecule has 0 rings (SSSR count). The van der Waals surface area contributed by atoms with Crippen LogP contribution in [0.4, 0.5) is 0 Å². The van der Waals surface area contributed by atoms with Crippen molar-refractivity contribution in [1.82, 2.24) is 0 Å². The molecule has 4 heteroatoms. The summed E-state index contributed by atoms with van der Waals surface area (Å²) in [4.78, 5) is 0.